The largest absolute Gasteiger partial charge is 0.316 e. The number of nitrogens with one attached hydrogen (secondary N) is 2. The van der Waals surface area contributed by atoms with Crippen molar-refractivity contribution in [3.8, 4) is 0 Å². The molecule has 1 aromatic carbocycles. The van der Waals surface area contributed by atoms with E-state index in [1.165, 1.54) is 0 Å². The molecular weight excluding hydrogens is 288 g/mol. The van der Waals surface area contributed by atoms with Crippen LogP contribution in [0.4, 0.5) is 0 Å². The Morgan fingerprint density at radius 3 is 2.24 bits per heavy atom. The summed E-state index contributed by atoms with van der Waals surface area (Å²) in [6.45, 7) is 8.79. The van der Waals surface area contributed by atoms with Crippen molar-refractivity contribution in [1.82, 2.24) is 9.97 Å². The van der Waals surface area contributed by atoms with Gasteiger partial charge >= 0.3 is 11.1 Å². The van der Waals surface area contributed by atoms with Crippen molar-refractivity contribution in [3.63, 3.8) is 0 Å². The van der Waals surface area contributed by atoms with Gasteiger partial charge in [-0.25, -0.2) is 0 Å². The van der Waals surface area contributed by atoms with Crippen molar-refractivity contribution in [1.29, 1.82) is 0 Å². The molecule has 2 N–H and O–H groups in total. The highest BCUT2D eigenvalue weighted by Gasteiger charge is 2.23. The van der Waals surface area contributed by atoms with Gasteiger partial charge in [0.15, 0.2) is 0 Å². The summed E-state index contributed by atoms with van der Waals surface area (Å²) in [6, 6.07) is 5.50. The Labute approximate surface area is 128 Å². The molecule has 0 fully saturated rings. The molecule has 0 aliphatic heterocycles. The van der Waals surface area contributed by atoms with E-state index in [1.807, 2.05) is 12.1 Å². The highest BCUT2D eigenvalue weighted by Crippen LogP contribution is 2.36. The molecular formula is C16H21ClN2O2. The minimum Gasteiger partial charge on any atom is -0.316 e. The first-order valence-electron chi connectivity index (χ1n) is 7.09. The topological polar surface area (TPSA) is 65.7 Å². The second-order valence-corrected chi connectivity index (χ2v) is 7.21. The number of alkyl halides is 1. The van der Waals surface area contributed by atoms with E-state index in [4.69, 9.17) is 11.6 Å². The standard InChI is InChI=1S/C16H21ClN2O2/c1-9(16(2,3)4)7-11(17)10-5-6-12-13(8-10)19-15(21)14(20)18-12/h5-6,8-9,11H,7H2,1-4H3,(H,18,20)(H,19,21). The van der Waals surface area contributed by atoms with E-state index in [0.717, 1.165) is 12.0 Å². The molecule has 0 aliphatic rings. The molecule has 114 valence electrons. The maximum Gasteiger partial charge on any atom is 0.314 e. The van der Waals surface area contributed by atoms with Crippen LogP contribution in [0.2, 0.25) is 0 Å². The molecule has 0 saturated carbocycles. The second-order valence-electron chi connectivity index (χ2n) is 6.68. The SMILES string of the molecule is CC(CC(Cl)c1ccc2[nH]c(=O)c(=O)[nH]c2c1)C(C)(C)C. The Kier molecular flexibility index (Phi) is 4.28. The predicted molar refractivity (Wildman–Crippen MR) is 87.0 cm³/mol. The third-order valence-electron chi connectivity index (χ3n) is 4.15. The zero-order chi connectivity index (χ0) is 15.8. The van der Waals surface area contributed by atoms with Crippen LogP contribution in [0.25, 0.3) is 11.0 Å². The van der Waals surface area contributed by atoms with E-state index in [9.17, 15) is 9.59 Å². The molecule has 2 aromatic rings. The van der Waals surface area contributed by atoms with Crippen LogP contribution < -0.4 is 11.1 Å². The molecule has 2 unspecified atom stereocenters. The lowest BCUT2D eigenvalue weighted by molar-refractivity contribution is 0.245. The number of benzene rings is 1. The molecule has 0 radical (unpaired) electrons. The van der Waals surface area contributed by atoms with E-state index < -0.39 is 11.1 Å². The fourth-order valence-electron chi connectivity index (χ4n) is 2.13. The first-order valence-corrected chi connectivity index (χ1v) is 7.52. The van der Waals surface area contributed by atoms with E-state index in [2.05, 4.69) is 37.7 Å². The Morgan fingerprint density at radius 2 is 1.67 bits per heavy atom. The van der Waals surface area contributed by atoms with Crippen LogP contribution in [0.3, 0.4) is 0 Å². The van der Waals surface area contributed by atoms with Gasteiger partial charge < -0.3 is 9.97 Å². The van der Waals surface area contributed by atoms with Gasteiger partial charge in [-0.2, -0.15) is 0 Å². The third kappa shape index (κ3) is 3.56. The summed E-state index contributed by atoms with van der Waals surface area (Å²) in [7, 11) is 0. The zero-order valence-corrected chi connectivity index (χ0v) is 13.5. The number of H-pyrrole nitrogens is 2. The van der Waals surface area contributed by atoms with Crippen LogP contribution in [-0.4, -0.2) is 9.97 Å². The van der Waals surface area contributed by atoms with E-state index in [0.29, 0.717) is 17.0 Å². The Bertz CT molecular complexity index is 755. The van der Waals surface area contributed by atoms with Gasteiger partial charge in [0.1, 0.15) is 0 Å². The number of rotatable bonds is 3. The second kappa shape index (κ2) is 5.68. The summed E-state index contributed by atoms with van der Waals surface area (Å²) in [6.07, 6.45) is 0.851. The van der Waals surface area contributed by atoms with Gasteiger partial charge in [-0.1, -0.05) is 33.8 Å². The number of hydrogen-bond donors (Lipinski definition) is 2. The van der Waals surface area contributed by atoms with Crippen LogP contribution in [-0.2, 0) is 0 Å². The Morgan fingerprint density at radius 1 is 1.10 bits per heavy atom. The fourth-order valence-corrected chi connectivity index (χ4v) is 2.53. The average molecular weight is 309 g/mol. The van der Waals surface area contributed by atoms with Gasteiger partial charge in [-0.3, -0.25) is 9.59 Å². The molecule has 2 atom stereocenters. The summed E-state index contributed by atoms with van der Waals surface area (Å²) < 4.78 is 0. The predicted octanol–water partition coefficient (Wildman–Crippen LogP) is 3.57. The highest BCUT2D eigenvalue weighted by atomic mass is 35.5. The molecule has 0 spiro atoms. The van der Waals surface area contributed by atoms with Gasteiger partial charge in [-0.15, -0.1) is 11.6 Å². The van der Waals surface area contributed by atoms with Crippen molar-refractivity contribution in [2.45, 2.75) is 39.5 Å². The summed E-state index contributed by atoms with van der Waals surface area (Å²) in [5.41, 5.74) is 1.07. The lowest BCUT2D eigenvalue weighted by Gasteiger charge is -2.29. The van der Waals surface area contributed by atoms with Gasteiger partial charge in [0.2, 0.25) is 0 Å². The number of hydrogen-bond acceptors (Lipinski definition) is 2. The third-order valence-corrected chi connectivity index (χ3v) is 4.58. The fraction of sp³-hybridized carbons (Fsp3) is 0.500. The van der Waals surface area contributed by atoms with Crippen LogP contribution >= 0.6 is 11.6 Å². The maximum atomic E-state index is 11.4. The van der Waals surface area contributed by atoms with Crippen molar-refractivity contribution >= 4 is 22.6 Å². The minimum absolute atomic E-state index is 0.126. The lowest BCUT2D eigenvalue weighted by atomic mass is 9.79. The molecule has 0 aliphatic carbocycles. The zero-order valence-electron chi connectivity index (χ0n) is 12.8. The number of aromatic amines is 2. The molecule has 21 heavy (non-hydrogen) atoms. The molecule has 1 heterocycles. The minimum atomic E-state index is -0.645. The lowest BCUT2D eigenvalue weighted by Crippen LogP contribution is -2.28. The smallest absolute Gasteiger partial charge is 0.314 e. The first kappa shape index (κ1) is 15.8. The number of aromatic nitrogens is 2. The first-order chi connectivity index (χ1) is 9.68. The normalized spacial score (nSPS) is 15.1. The van der Waals surface area contributed by atoms with E-state index >= 15 is 0 Å². The average Bonchev–Trinajstić information content (AvgIpc) is 2.38. The Balaban J connectivity index is 2.32. The Hall–Kier alpha value is -1.55. The van der Waals surface area contributed by atoms with Crippen molar-refractivity contribution in [2.24, 2.45) is 11.3 Å². The quantitative estimate of drug-likeness (QED) is 0.672. The summed E-state index contributed by atoms with van der Waals surface area (Å²) in [5, 5.41) is -0.126. The van der Waals surface area contributed by atoms with Gasteiger partial charge in [0.25, 0.3) is 0 Å². The molecule has 0 saturated heterocycles. The highest BCUT2D eigenvalue weighted by molar-refractivity contribution is 6.20. The maximum absolute atomic E-state index is 11.4. The number of fused-ring (bicyclic) bond motifs is 1. The van der Waals surface area contributed by atoms with Gasteiger partial charge in [0, 0.05) is 0 Å². The molecule has 2 rings (SSSR count). The van der Waals surface area contributed by atoms with Gasteiger partial charge in [0.05, 0.1) is 16.4 Å². The van der Waals surface area contributed by atoms with Crippen molar-refractivity contribution in [3.05, 3.63) is 44.5 Å². The summed E-state index contributed by atoms with van der Waals surface area (Å²) >= 11 is 6.51. The number of halogens is 1. The molecule has 5 heteroatoms. The van der Waals surface area contributed by atoms with E-state index in [-0.39, 0.29) is 10.8 Å². The van der Waals surface area contributed by atoms with Crippen LogP contribution in [0.5, 0.6) is 0 Å². The van der Waals surface area contributed by atoms with Crippen molar-refractivity contribution < 1.29 is 0 Å². The molecule has 0 amide bonds. The van der Waals surface area contributed by atoms with Gasteiger partial charge in [-0.05, 0) is 35.4 Å². The molecule has 0 bridgehead atoms. The molecule has 1 aromatic heterocycles. The van der Waals surface area contributed by atoms with Crippen LogP contribution in [0.15, 0.2) is 27.8 Å². The van der Waals surface area contributed by atoms with Crippen molar-refractivity contribution in [2.75, 3.05) is 0 Å². The summed E-state index contributed by atoms with van der Waals surface area (Å²) in [5.74, 6) is 0.463. The van der Waals surface area contributed by atoms with Crippen LogP contribution in [0.1, 0.15) is 45.1 Å². The summed E-state index contributed by atoms with van der Waals surface area (Å²) in [4.78, 5) is 27.8. The van der Waals surface area contributed by atoms with E-state index in [1.54, 1.807) is 6.07 Å². The monoisotopic (exact) mass is 308 g/mol. The van der Waals surface area contributed by atoms with Crippen LogP contribution in [0, 0.1) is 11.3 Å². The molecule has 4 nitrogen and oxygen atoms in total.